The first-order valence-electron chi connectivity index (χ1n) is 9.81. The molecule has 0 saturated heterocycles. The third-order valence-electron chi connectivity index (χ3n) is 4.61. The van der Waals surface area contributed by atoms with Gasteiger partial charge in [-0.15, -0.1) is 0 Å². The second-order valence-corrected chi connectivity index (χ2v) is 6.92. The van der Waals surface area contributed by atoms with Crippen molar-refractivity contribution in [2.45, 2.75) is 6.42 Å². The third kappa shape index (κ3) is 5.09. The van der Waals surface area contributed by atoms with Gasteiger partial charge in [0.1, 0.15) is 17.3 Å². The molecular formula is C22H17FN2O8. The fourth-order valence-electron chi connectivity index (χ4n) is 3.05. The molecule has 1 aromatic heterocycles. The predicted octanol–water partition coefficient (Wildman–Crippen LogP) is 3.95. The van der Waals surface area contributed by atoms with Crippen LogP contribution in [-0.4, -0.2) is 36.6 Å². The lowest BCUT2D eigenvalue weighted by molar-refractivity contribution is -0.384. The highest BCUT2D eigenvalue weighted by molar-refractivity contribution is 5.96. The number of ether oxygens (including phenoxy) is 3. The van der Waals surface area contributed by atoms with Crippen LogP contribution < -0.4 is 14.8 Å². The maximum atomic E-state index is 13.0. The minimum absolute atomic E-state index is 0.123. The first-order valence-corrected chi connectivity index (χ1v) is 9.81. The van der Waals surface area contributed by atoms with Crippen molar-refractivity contribution in [3.05, 3.63) is 70.2 Å². The molecule has 0 spiro atoms. The molecule has 0 bridgehead atoms. The van der Waals surface area contributed by atoms with Gasteiger partial charge < -0.3 is 23.9 Å². The summed E-state index contributed by atoms with van der Waals surface area (Å²) >= 11 is 0. The van der Waals surface area contributed by atoms with Crippen molar-refractivity contribution >= 4 is 23.3 Å². The summed E-state index contributed by atoms with van der Waals surface area (Å²) < 4.78 is 34.3. The van der Waals surface area contributed by atoms with E-state index in [4.69, 9.17) is 18.6 Å². The lowest BCUT2D eigenvalue weighted by Crippen LogP contribution is -2.21. The molecule has 33 heavy (non-hydrogen) atoms. The van der Waals surface area contributed by atoms with Crippen LogP contribution in [0.25, 0.3) is 11.3 Å². The van der Waals surface area contributed by atoms with E-state index in [9.17, 15) is 24.1 Å². The number of esters is 1. The average molecular weight is 456 g/mol. The van der Waals surface area contributed by atoms with Gasteiger partial charge in [-0.2, -0.15) is 0 Å². The molecule has 0 fully saturated rings. The second kappa shape index (κ2) is 9.39. The Morgan fingerprint density at radius 3 is 2.45 bits per heavy atom. The molecule has 170 valence electrons. The smallest absolute Gasteiger partial charge is 0.374 e. The van der Waals surface area contributed by atoms with E-state index in [-0.39, 0.29) is 22.9 Å². The molecule has 0 aliphatic carbocycles. The molecule has 0 atom stereocenters. The summed E-state index contributed by atoms with van der Waals surface area (Å²) in [6, 6.07) is 10.8. The van der Waals surface area contributed by atoms with Gasteiger partial charge in [0.15, 0.2) is 18.1 Å². The highest BCUT2D eigenvalue weighted by Gasteiger charge is 2.23. The molecule has 1 aliphatic rings. The van der Waals surface area contributed by atoms with Crippen molar-refractivity contribution in [1.82, 2.24) is 0 Å². The minimum Gasteiger partial charge on any atom is -0.489 e. The second-order valence-electron chi connectivity index (χ2n) is 6.92. The molecule has 10 nitrogen and oxygen atoms in total. The molecule has 11 heteroatoms. The summed E-state index contributed by atoms with van der Waals surface area (Å²) in [4.78, 5) is 35.2. The van der Waals surface area contributed by atoms with Gasteiger partial charge in [-0.1, -0.05) is 0 Å². The van der Waals surface area contributed by atoms with Crippen LogP contribution in [0.4, 0.5) is 15.8 Å². The predicted molar refractivity (Wildman–Crippen MR) is 112 cm³/mol. The van der Waals surface area contributed by atoms with Crippen LogP contribution in [-0.2, 0) is 9.53 Å². The zero-order valence-electron chi connectivity index (χ0n) is 17.0. The van der Waals surface area contributed by atoms with Crippen molar-refractivity contribution < 1.29 is 37.5 Å². The zero-order chi connectivity index (χ0) is 23.4. The van der Waals surface area contributed by atoms with Gasteiger partial charge in [-0.05, 0) is 36.4 Å². The highest BCUT2D eigenvalue weighted by atomic mass is 19.1. The summed E-state index contributed by atoms with van der Waals surface area (Å²) in [6.07, 6.45) is 0.607. The summed E-state index contributed by atoms with van der Waals surface area (Å²) in [6.45, 7) is -0.00264. The molecule has 1 amide bonds. The lowest BCUT2D eigenvalue weighted by atomic mass is 10.2. The molecule has 3 aromatic rings. The Morgan fingerprint density at radius 1 is 1.06 bits per heavy atom. The van der Waals surface area contributed by atoms with Crippen LogP contribution in [0, 0.1) is 15.9 Å². The van der Waals surface area contributed by atoms with E-state index in [1.54, 1.807) is 0 Å². The molecule has 4 rings (SSSR count). The van der Waals surface area contributed by atoms with Crippen molar-refractivity contribution in [1.29, 1.82) is 0 Å². The number of carbonyl (C=O) groups is 2. The highest BCUT2D eigenvalue weighted by Crippen LogP contribution is 2.39. The van der Waals surface area contributed by atoms with E-state index in [0.29, 0.717) is 31.0 Å². The molecule has 2 heterocycles. The van der Waals surface area contributed by atoms with E-state index in [1.807, 2.05) is 0 Å². The Labute approximate surface area is 186 Å². The van der Waals surface area contributed by atoms with Gasteiger partial charge >= 0.3 is 5.97 Å². The number of amides is 1. The number of furan rings is 1. The van der Waals surface area contributed by atoms with Crippen LogP contribution >= 0.6 is 0 Å². The number of fused-ring (bicyclic) bond motifs is 1. The number of rotatable bonds is 6. The minimum atomic E-state index is -0.910. The van der Waals surface area contributed by atoms with Gasteiger partial charge in [-0.3, -0.25) is 14.9 Å². The lowest BCUT2D eigenvalue weighted by Gasteiger charge is -2.11. The number of halogens is 1. The number of hydrogen-bond acceptors (Lipinski definition) is 8. The molecule has 1 aliphatic heterocycles. The monoisotopic (exact) mass is 456 g/mol. The quantitative estimate of drug-likeness (QED) is 0.335. The van der Waals surface area contributed by atoms with Crippen molar-refractivity contribution in [3.8, 4) is 22.8 Å². The number of hydrogen-bond donors (Lipinski definition) is 1. The largest absolute Gasteiger partial charge is 0.489 e. The number of nitro benzene ring substituents is 1. The van der Waals surface area contributed by atoms with E-state index in [0.717, 1.165) is 0 Å². The number of nitrogens with one attached hydrogen (secondary N) is 1. The van der Waals surface area contributed by atoms with Gasteiger partial charge in [0.05, 0.1) is 24.2 Å². The number of carbonyl (C=O) groups excluding carboxylic acids is 2. The first kappa shape index (κ1) is 21.8. The fraction of sp³-hybridized carbons (Fsp3) is 0.182. The Kier molecular flexibility index (Phi) is 6.20. The Bertz CT molecular complexity index is 1210. The van der Waals surface area contributed by atoms with E-state index < -0.39 is 34.9 Å². The van der Waals surface area contributed by atoms with Crippen molar-refractivity contribution in [3.63, 3.8) is 0 Å². The van der Waals surface area contributed by atoms with E-state index in [2.05, 4.69) is 5.32 Å². The number of nitrogens with zero attached hydrogens (tertiary/aromatic N) is 1. The number of anilines is 1. The Morgan fingerprint density at radius 2 is 1.76 bits per heavy atom. The third-order valence-corrected chi connectivity index (χ3v) is 4.61. The number of benzene rings is 2. The SMILES string of the molecule is O=C(COC(=O)c1ccc(-c2ccc(F)cc2)o1)Nc1cc2c(cc1[N+](=O)[O-])OCCCO2. The molecular weight excluding hydrogens is 439 g/mol. The van der Waals surface area contributed by atoms with Gasteiger partial charge in [0.2, 0.25) is 5.76 Å². The van der Waals surface area contributed by atoms with Crippen molar-refractivity contribution in [2.75, 3.05) is 25.1 Å². The summed E-state index contributed by atoms with van der Waals surface area (Å²) in [5.74, 6) is -1.51. The summed E-state index contributed by atoms with van der Waals surface area (Å²) in [7, 11) is 0. The maximum absolute atomic E-state index is 13.0. The van der Waals surface area contributed by atoms with E-state index in [1.165, 1.54) is 48.5 Å². The average Bonchev–Trinajstić information content (AvgIpc) is 3.17. The summed E-state index contributed by atoms with van der Waals surface area (Å²) in [5, 5.41) is 13.7. The zero-order valence-corrected chi connectivity index (χ0v) is 17.0. The maximum Gasteiger partial charge on any atom is 0.374 e. The standard InChI is InChI=1S/C22H17FN2O8/c23-14-4-2-13(3-5-14)17-6-7-18(33-17)22(27)32-12-21(26)24-15-10-19-20(11-16(15)25(28)29)31-9-1-8-30-19/h2-7,10-11H,1,8-9,12H2,(H,24,26). The molecule has 2 aromatic carbocycles. The Hall–Kier alpha value is -4.41. The van der Waals surface area contributed by atoms with Crippen LogP contribution in [0.2, 0.25) is 0 Å². The fourth-order valence-corrected chi connectivity index (χ4v) is 3.05. The summed E-state index contributed by atoms with van der Waals surface area (Å²) in [5.41, 5.74) is 0.0331. The molecule has 1 N–H and O–H groups in total. The molecule has 0 radical (unpaired) electrons. The van der Waals surface area contributed by atoms with Crippen LogP contribution in [0.3, 0.4) is 0 Å². The topological polar surface area (TPSA) is 130 Å². The van der Waals surface area contributed by atoms with Gasteiger partial charge in [0, 0.05) is 18.1 Å². The van der Waals surface area contributed by atoms with Crippen LogP contribution in [0.15, 0.2) is 52.9 Å². The van der Waals surface area contributed by atoms with E-state index >= 15 is 0 Å². The number of nitro groups is 1. The molecule has 0 saturated carbocycles. The first-order chi connectivity index (χ1) is 15.9. The van der Waals surface area contributed by atoms with Gasteiger partial charge in [-0.25, -0.2) is 9.18 Å². The molecule has 0 unspecified atom stereocenters. The normalized spacial score (nSPS) is 12.5. The van der Waals surface area contributed by atoms with Gasteiger partial charge in [0.25, 0.3) is 11.6 Å². The Balaban J connectivity index is 1.40. The van der Waals surface area contributed by atoms with Crippen molar-refractivity contribution in [2.24, 2.45) is 0 Å². The van der Waals surface area contributed by atoms with Crippen LogP contribution in [0.5, 0.6) is 11.5 Å². The van der Waals surface area contributed by atoms with Crippen LogP contribution in [0.1, 0.15) is 17.0 Å².